The molecule has 0 saturated carbocycles. The number of carbonyl (C=O) groups excluding carboxylic acids is 2. The number of ketones is 1. The molecule has 1 aliphatic rings. The molecule has 118 valence electrons. The predicted octanol–water partition coefficient (Wildman–Crippen LogP) is 4.15. The van der Waals surface area contributed by atoms with Crippen LogP contribution in [-0.2, 0) is 0 Å². The molecule has 1 fully saturated rings. The van der Waals surface area contributed by atoms with E-state index in [1.165, 1.54) is 0 Å². The Balaban J connectivity index is 1.60. The van der Waals surface area contributed by atoms with E-state index in [-0.39, 0.29) is 11.7 Å². The molecule has 0 radical (unpaired) electrons. The van der Waals surface area contributed by atoms with E-state index in [4.69, 9.17) is 4.74 Å². The van der Waals surface area contributed by atoms with Crippen LogP contribution in [0.4, 0.5) is 4.79 Å². The zero-order chi connectivity index (χ0) is 16.2. The Hall–Kier alpha value is -2.14. The monoisotopic (exact) mass is 373 g/mol. The number of ether oxygens (including phenoxy) is 1. The van der Waals surface area contributed by atoms with Crippen molar-refractivity contribution in [2.24, 2.45) is 5.92 Å². The van der Waals surface area contributed by atoms with Crippen molar-refractivity contribution in [1.82, 2.24) is 4.90 Å². The fourth-order valence-corrected chi connectivity index (χ4v) is 2.91. The molecule has 3 rings (SSSR count). The maximum absolute atomic E-state index is 12.5. The van der Waals surface area contributed by atoms with Crippen LogP contribution >= 0.6 is 15.9 Å². The normalized spacial score (nSPS) is 17.1. The van der Waals surface area contributed by atoms with Crippen molar-refractivity contribution >= 4 is 27.8 Å². The minimum absolute atomic E-state index is 0.0764. The van der Waals surface area contributed by atoms with Crippen LogP contribution in [0.5, 0.6) is 5.75 Å². The molecule has 5 heteroatoms. The van der Waals surface area contributed by atoms with Crippen molar-refractivity contribution in [3.8, 4) is 5.75 Å². The van der Waals surface area contributed by atoms with Gasteiger partial charge in [-0.15, -0.1) is 0 Å². The number of para-hydroxylation sites is 1. The quantitative estimate of drug-likeness (QED) is 0.759. The third-order valence-electron chi connectivity index (χ3n) is 3.89. The molecule has 4 nitrogen and oxygen atoms in total. The first-order valence-electron chi connectivity index (χ1n) is 7.45. The Labute approximate surface area is 143 Å². The maximum Gasteiger partial charge on any atom is 0.415 e. The Morgan fingerprint density at radius 1 is 1.04 bits per heavy atom. The van der Waals surface area contributed by atoms with E-state index < -0.39 is 6.09 Å². The van der Waals surface area contributed by atoms with E-state index in [1.807, 2.05) is 30.3 Å². The lowest BCUT2D eigenvalue weighted by molar-refractivity contribution is 0.0923. The standard InChI is InChI=1S/C18H16BrNO3/c19-15-8-6-13(7-9-15)17(21)14-10-11-20(12-14)18(22)23-16-4-2-1-3-5-16/h1-9,14H,10-12H2. The molecule has 23 heavy (non-hydrogen) atoms. The van der Waals surface area contributed by atoms with Crippen LogP contribution in [-0.4, -0.2) is 29.9 Å². The Morgan fingerprint density at radius 2 is 1.74 bits per heavy atom. The molecule has 0 aliphatic carbocycles. The van der Waals surface area contributed by atoms with Gasteiger partial charge < -0.3 is 9.64 Å². The van der Waals surface area contributed by atoms with Gasteiger partial charge in [-0.2, -0.15) is 0 Å². The van der Waals surface area contributed by atoms with Gasteiger partial charge in [0.05, 0.1) is 0 Å². The van der Waals surface area contributed by atoms with E-state index in [1.54, 1.807) is 29.2 Å². The van der Waals surface area contributed by atoms with Gasteiger partial charge in [0, 0.05) is 29.0 Å². The molecule has 0 aromatic heterocycles. The summed E-state index contributed by atoms with van der Waals surface area (Å²) in [6.07, 6.45) is 0.265. The lowest BCUT2D eigenvalue weighted by Crippen LogP contribution is -2.32. The van der Waals surface area contributed by atoms with Gasteiger partial charge in [-0.25, -0.2) is 4.79 Å². The van der Waals surface area contributed by atoms with Crippen molar-refractivity contribution < 1.29 is 14.3 Å². The summed E-state index contributed by atoms with van der Waals surface area (Å²) in [6.45, 7) is 0.944. The van der Waals surface area contributed by atoms with Gasteiger partial charge in [0.25, 0.3) is 0 Å². The number of carbonyl (C=O) groups is 2. The number of hydrogen-bond donors (Lipinski definition) is 0. The number of Topliss-reactive ketones (excluding diaryl/α,β-unsaturated/α-hetero) is 1. The smallest absolute Gasteiger partial charge is 0.410 e. The molecule has 0 N–H and O–H groups in total. The summed E-state index contributed by atoms with van der Waals surface area (Å²) in [5.41, 5.74) is 0.677. The molecule has 1 amide bonds. The van der Waals surface area contributed by atoms with Gasteiger partial charge in [-0.05, 0) is 30.7 Å². The first kappa shape index (κ1) is 15.7. The molecule has 1 aliphatic heterocycles. The van der Waals surface area contributed by atoms with Gasteiger partial charge in [0.1, 0.15) is 5.75 Å². The summed E-state index contributed by atoms with van der Waals surface area (Å²) in [5.74, 6) is 0.423. The third kappa shape index (κ3) is 3.79. The van der Waals surface area contributed by atoms with E-state index in [9.17, 15) is 9.59 Å². The van der Waals surface area contributed by atoms with Crippen LogP contribution in [0.15, 0.2) is 59.1 Å². The fourth-order valence-electron chi connectivity index (χ4n) is 2.64. The molecule has 1 saturated heterocycles. The highest BCUT2D eigenvalue weighted by molar-refractivity contribution is 9.10. The Bertz CT molecular complexity index is 700. The molecule has 0 bridgehead atoms. The number of benzene rings is 2. The lowest BCUT2D eigenvalue weighted by atomic mass is 9.97. The van der Waals surface area contributed by atoms with E-state index >= 15 is 0 Å². The minimum Gasteiger partial charge on any atom is -0.410 e. The minimum atomic E-state index is -0.401. The molecule has 1 unspecified atom stereocenters. The van der Waals surface area contributed by atoms with Crippen LogP contribution in [0, 0.1) is 5.92 Å². The van der Waals surface area contributed by atoms with Gasteiger partial charge in [-0.1, -0.05) is 46.3 Å². The van der Waals surface area contributed by atoms with E-state index in [0.717, 1.165) is 4.47 Å². The van der Waals surface area contributed by atoms with Gasteiger partial charge in [0.2, 0.25) is 0 Å². The van der Waals surface area contributed by atoms with Crippen molar-refractivity contribution in [3.63, 3.8) is 0 Å². The summed E-state index contributed by atoms with van der Waals surface area (Å²) in [7, 11) is 0. The second-order valence-electron chi connectivity index (χ2n) is 5.48. The first-order valence-corrected chi connectivity index (χ1v) is 8.24. The number of amides is 1. The highest BCUT2D eigenvalue weighted by atomic mass is 79.9. The van der Waals surface area contributed by atoms with Crippen LogP contribution in [0.3, 0.4) is 0 Å². The highest BCUT2D eigenvalue weighted by Crippen LogP contribution is 2.23. The average molecular weight is 374 g/mol. The van der Waals surface area contributed by atoms with Gasteiger partial charge >= 0.3 is 6.09 Å². The van der Waals surface area contributed by atoms with Crippen molar-refractivity contribution in [1.29, 1.82) is 0 Å². The third-order valence-corrected chi connectivity index (χ3v) is 4.42. The summed E-state index contributed by atoms with van der Waals surface area (Å²) in [4.78, 5) is 26.2. The van der Waals surface area contributed by atoms with Crippen LogP contribution < -0.4 is 4.74 Å². The highest BCUT2D eigenvalue weighted by Gasteiger charge is 2.32. The summed E-state index contributed by atoms with van der Waals surface area (Å²) < 4.78 is 6.26. The number of rotatable bonds is 3. The summed E-state index contributed by atoms with van der Waals surface area (Å²) in [5, 5.41) is 0. The lowest BCUT2D eigenvalue weighted by Gasteiger charge is -2.16. The number of nitrogens with zero attached hydrogens (tertiary/aromatic N) is 1. The predicted molar refractivity (Wildman–Crippen MR) is 90.6 cm³/mol. The van der Waals surface area contributed by atoms with Crippen molar-refractivity contribution in [2.45, 2.75) is 6.42 Å². The SMILES string of the molecule is O=C(c1ccc(Br)cc1)C1CCN(C(=O)Oc2ccccc2)C1. The molecule has 1 heterocycles. The second kappa shape index (κ2) is 6.96. The van der Waals surface area contributed by atoms with E-state index in [0.29, 0.717) is 30.8 Å². The zero-order valence-corrected chi connectivity index (χ0v) is 14.0. The fraction of sp³-hybridized carbons (Fsp3) is 0.222. The number of halogens is 1. The first-order chi connectivity index (χ1) is 11.1. The Morgan fingerprint density at radius 3 is 2.43 bits per heavy atom. The molecular formula is C18H16BrNO3. The van der Waals surface area contributed by atoms with Gasteiger partial charge in [0.15, 0.2) is 5.78 Å². The number of likely N-dealkylation sites (tertiary alicyclic amines) is 1. The Kier molecular flexibility index (Phi) is 4.76. The van der Waals surface area contributed by atoms with Crippen molar-refractivity contribution in [2.75, 3.05) is 13.1 Å². The van der Waals surface area contributed by atoms with Crippen molar-refractivity contribution in [3.05, 3.63) is 64.6 Å². The largest absolute Gasteiger partial charge is 0.415 e. The topological polar surface area (TPSA) is 46.6 Å². The zero-order valence-electron chi connectivity index (χ0n) is 12.4. The molecule has 0 spiro atoms. The second-order valence-corrected chi connectivity index (χ2v) is 6.40. The van der Waals surface area contributed by atoms with Crippen LogP contribution in [0.2, 0.25) is 0 Å². The molecule has 2 aromatic carbocycles. The van der Waals surface area contributed by atoms with Gasteiger partial charge in [-0.3, -0.25) is 4.79 Å². The maximum atomic E-state index is 12.5. The molecule has 1 atom stereocenters. The summed E-state index contributed by atoms with van der Waals surface area (Å²) in [6, 6.07) is 16.3. The van der Waals surface area contributed by atoms with E-state index in [2.05, 4.69) is 15.9 Å². The average Bonchev–Trinajstić information content (AvgIpc) is 3.06. The van der Waals surface area contributed by atoms with Crippen LogP contribution in [0.1, 0.15) is 16.8 Å². The number of hydrogen-bond acceptors (Lipinski definition) is 3. The van der Waals surface area contributed by atoms with Crippen LogP contribution in [0.25, 0.3) is 0 Å². The summed E-state index contributed by atoms with van der Waals surface area (Å²) >= 11 is 3.36. The molecule has 2 aromatic rings. The molecular weight excluding hydrogens is 358 g/mol.